The third-order valence-electron chi connectivity index (χ3n) is 1.55. The Hall–Kier alpha value is -1.24. The largest absolute Gasteiger partial charge is 0.484 e. The monoisotopic (exact) mass is 241 g/mol. The minimum absolute atomic E-state index is 0.0708. The second-order valence-corrected chi connectivity index (χ2v) is 2.99. The molecule has 0 saturated carbocycles. The fourth-order valence-corrected chi connectivity index (χ4v) is 1.18. The third-order valence-corrected chi connectivity index (χ3v) is 1.74. The molecule has 84 valence electrons. The van der Waals surface area contributed by atoms with Crippen LogP contribution in [0.15, 0.2) is 10.9 Å². The smallest absolute Gasteiger partial charge is 0.279 e. The van der Waals surface area contributed by atoms with E-state index in [-0.39, 0.29) is 11.7 Å². The molecule has 0 aliphatic rings. The molecule has 0 aliphatic heterocycles. The van der Waals surface area contributed by atoms with E-state index in [1.807, 2.05) is 0 Å². The number of rotatable bonds is 2. The Bertz CT molecular complexity index is 415. The number of anilines is 1. The molecule has 1 rings (SSSR count). The maximum atomic E-state index is 12.0. The van der Waals surface area contributed by atoms with Gasteiger partial charge in [0.1, 0.15) is 5.15 Å². The molecule has 0 bridgehead atoms. The summed E-state index contributed by atoms with van der Waals surface area (Å²) in [7, 11) is 0. The number of halogens is 4. The van der Waals surface area contributed by atoms with E-state index in [1.54, 1.807) is 0 Å². The van der Waals surface area contributed by atoms with Crippen molar-refractivity contribution in [3.63, 3.8) is 0 Å². The van der Waals surface area contributed by atoms with E-state index in [0.29, 0.717) is 0 Å². The predicted octanol–water partition coefficient (Wildman–Crippen LogP) is 1.85. The van der Waals surface area contributed by atoms with Crippen LogP contribution in [0.1, 0.15) is 6.92 Å². The van der Waals surface area contributed by atoms with Gasteiger partial charge in [-0.1, -0.05) is 11.6 Å². The standard InChI is InChI=1S/C7H7ClF3N3O/c1-2-14-5(15)3-4(8)12-6(14)13-7(9,10)11/h3H,2H2,1H3,(H,12,13). The molecule has 0 aromatic carbocycles. The van der Waals surface area contributed by atoms with Crippen molar-refractivity contribution in [1.82, 2.24) is 9.55 Å². The molecule has 8 heteroatoms. The molecular weight excluding hydrogens is 235 g/mol. The molecule has 1 heterocycles. The first-order valence-electron chi connectivity index (χ1n) is 3.96. The summed E-state index contributed by atoms with van der Waals surface area (Å²) in [6.45, 7) is 1.60. The van der Waals surface area contributed by atoms with Crippen molar-refractivity contribution in [2.24, 2.45) is 0 Å². The average Bonchev–Trinajstić information content (AvgIpc) is 1.99. The van der Waals surface area contributed by atoms with E-state index in [1.165, 1.54) is 6.92 Å². The summed E-state index contributed by atoms with van der Waals surface area (Å²) < 4.78 is 36.9. The highest BCUT2D eigenvalue weighted by molar-refractivity contribution is 6.29. The average molecular weight is 242 g/mol. The quantitative estimate of drug-likeness (QED) is 0.635. The molecular formula is C7H7ClF3N3O. The summed E-state index contributed by atoms with van der Waals surface area (Å²) in [5.41, 5.74) is -0.635. The summed E-state index contributed by atoms with van der Waals surface area (Å²) >= 11 is 5.38. The van der Waals surface area contributed by atoms with E-state index >= 15 is 0 Å². The summed E-state index contributed by atoms with van der Waals surface area (Å²) in [5.74, 6) is -0.609. The van der Waals surface area contributed by atoms with Crippen LogP contribution in [0.4, 0.5) is 19.1 Å². The lowest BCUT2D eigenvalue weighted by atomic mass is 10.6. The van der Waals surface area contributed by atoms with E-state index in [2.05, 4.69) is 4.98 Å². The SMILES string of the molecule is CCn1c(NC(F)(F)F)nc(Cl)cc1=O. The number of alkyl halides is 3. The van der Waals surface area contributed by atoms with Crippen LogP contribution in [-0.2, 0) is 6.54 Å². The van der Waals surface area contributed by atoms with Crippen LogP contribution < -0.4 is 10.9 Å². The lowest BCUT2D eigenvalue weighted by molar-refractivity contribution is -0.101. The Labute approximate surface area is 87.7 Å². The van der Waals surface area contributed by atoms with Crippen molar-refractivity contribution in [3.8, 4) is 0 Å². The van der Waals surface area contributed by atoms with Gasteiger partial charge in [-0.2, -0.15) is 13.2 Å². The van der Waals surface area contributed by atoms with Gasteiger partial charge in [0.05, 0.1) is 0 Å². The maximum absolute atomic E-state index is 12.0. The van der Waals surface area contributed by atoms with E-state index in [9.17, 15) is 18.0 Å². The minimum atomic E-state index is -4.65. The molecule has 1 N–H and O–H groups in total. The molecule has 0 aliphatic carbocycles. The number of nitrogens with one attached hydrogen (secondary N) is 1. The highest BCUT2D eigenvalue weighted by Crippen LogP contribution is 2.18. The van der Waals surface area contributed by atoms with Gasteiger partial charge in [0.15, 0.2) is 0 Å². The highest BCUT2D eigenvalue weighted by atomic mass is 35.5. The zero-order valence-electron chi connectivity index (χ0n) is 7.60. The fourth-order valence-electron chi connectivity index (χ4n) is 1.01. The first-order chi connectivity index (χ1) is 6.83. The number of hydrogen-bond donors (Lipinski definition) is 1. The molecule has 15 heavy (non-hydrogen) atoms. The van der Waals surface area contributed by atoms with E-state index in [0.717, 1.165) is 16.0 Å². The Morgan fingerprint density at radius 1 is 1.60 bits per heavy atom. The van der Waals surface area contributed by atoms with Gasteiger partial charge in [-0.3, -0.25) is 14.7 Å². The van der Waals surface area contributed by atoms with Crippen LogP contribution >= 0.6 is 11.6 Å². The van der Waals surface area contributed by atoms with Crippen LogP contribution in [0.25, 0.3) is 0 Å². The van der Waals surface area contributed by atoms with Gasteiger partial charge in [0.25, 0.3) is 5.56 Å². The zero-order valence-corrected chi connectivity index (χ0v) is 8.35. The molecule has 0 fully saturated rings. The van der Waals surface area contributed by atoms with Crippen molar-refractivity contribution in [2.45, 2.75) is 19.8 Å². The Morgan fingerprint density at radius 2 is 2.20 bits per heavy atom. The van der Waals surface area contributed by atoms with Crippen LogP contribution in [0, 0.1) is 0 Å². The summed E-state index contributed by atoms with van der Waals surface area (Å²) in [6, 6.07) is 0.951. The topological polar surface area (TPSA) is 46.9 Å². The van der Waals surface area contributed by atoms with Gasteiger partial charge < -0.3 is 0 Å². The van der Waals surface area contributed by atoms with Crippen LogP contribution in [0.5, 0.6) is 0 Å². The Balaban J connectivity index is 3.21. The minimum Gasteiger partial charge on any atom is -0.279 e. The highest BCUT2D eigenvalue weighted by Gasteiger charge is 2.29. The van der Waals surface area contributed by atoms with E-state index < -0.39 is 17.8 Å². The normalized spacial score (nSPS) is 11.5. The third kappa shape index (κ3) is 3.12. The van der Waals surface area contributed by atoms with Gasteiger partial charge in [-0.25, -0.2) is 4.98 Å². The molecule has 1 aromatic heterocycles. The molecule has 0 atom stereocenters. The van der Waals surface area contributed by atoms with Crippen molar-refractivity contribution < 1.29 is 13.2 Å². The van der Waals surface area contributed by atoms with Crippen LogP contribution in [0.2, 0.25) is 5.15 Å². The molecule has 0 unspecified atom stereocenters. The number of aromatic nitrogens is 2. The van der Waals surface area contributed by atoms with Crippen LogP contribution in [-0.4, -0.2) is 15.9 Å². The number of hydrogen-bond acceptors (Lipinski definition) is 3. The molecule has 0 amide bonds. The molecule has 1 aromatic rings. The van der Waals surface area contributed by atoms with Gasteiger partial charge in [-0.15, -0.1) is 0 Å². The Kier molecular flexibility index (Phi) is 3.23. The van der Waals surface area contributed by atoms with Gasteiger partial charge >= 0.3 is 6.30 Å². The molecule has 0 spiro atoms. The summed E-state index contributed by atoms with van der Waals surface area (Å²) in [5, 5.41) is 0.869. The lowest BCUT2D eigenvalue weighted by Crippen LogP contribution is -2.29. The predicted molar refractivity (Wildman–Crippen MR) is 48.9 cm³/mol. The van der Waals surface area contributed by atoms with Crippen LogP contribution in [0.3, 0.4) is 0 Å². The van der Waals surface area contributed by atoms with Crippen molar-refractivity contribution in [2.75, 3.05) is 5.32 Å². The number of nitrogens with zero attached hydrogens (tertiary/aromatic N) is 2. The van der Waals surface area contributed by atoms with Crippen molar-refractivity contribution in [1.29, 1.82) is 0 Å². The van der Waals surface area contributed by atoms with Crippen molar-refractivity contribution >= 4 is 17.5 Å². The summed E-state index contributed by atoms with van der Waals surface area (Å²) in [4.78, 5) is 14.6. The second kappa shape index (κ2) is 4.09. The van der Waals surface area contributed by atoms with Gasteiger partial charge in [0, 0.05) is 12.6 Å². The summed E-state index contributed by atoms with van der Waals surface area (Å²) in [6.07, 6.45) is -4.65. The van der Waals surface area contributed by atoms with Crippen molar-refractivity contribution in [3.05, 3.63) is 21.6 Å². The van der Waals surface area contributed by atoms with Gasteiger partial charge in [0.2, 0.25) is 5.95 Å². The first-order valence-corrected chi connectivity index (χ1v) is 4.33. The second-order valence-electron chi connectivity index (χ2n) is 2.61. The molecule has 4 nitrogen and oxygen atoms in total. The zero-order chi connectivity index (χ0) is 11.6. The first kappa shape index (κ1) is 11.8. The fraction of sp³-hybridized carbons (Fsp3) is 0.429. The lowest BCUT2D eigenvalue weighted by Gasteiger charge is -2.13. The van der Waals surface area contributed by atoms with Gasteiger partial charge in [-0.05, 0) is 6.92 Å². The maximum Gasteiger partial charge on any atom is 0.484 e. The molecule has 0 saturated heterocycles. The van der Waals surface area contributed by atoms with E-state index in [4.69, 9.17) is 11.6 Å². The molecule has 0 radical (unpaired) electrons. The Morgan fingerprint density at radius 3 is 2.67 bits per heavy atom.